The second-order valence-electron chi connectivity index (χ2n) is 2.00. The molecule has 1 aromatic heterocycles. The molecule has 78 valence electrons. The summed E-state index contributed by atoms with van der Waals surface area (Å²) in [5.41, 5.74) is 7.58. The molecule has 1 rings (SSSR count). The van der Waals surface area contributed by atoms with Gasteiger partial charge in [-0.2, -0.15) is 5.10 Å². The van der Waals surface area contributed by atoms with E-state index in [0.717, 1.165) is 8.24 Å². The lowest BCUT2D eigenvalue weighted by Crippen LogP contribution is -2.23. The van der Waals surface area contributed by atoms with E-state index in [0.29, 0.717) is 5.76 Å². The summed E-state index contributed by atoms with van der Waals surface area (Å²) in [4.78, 5) is 0. The highest BCUT2D eigenvalue weighted by Gasteiger charge is 2.02. The topological polar surface area (TPSA) is 63.5 Å². The molecule has 1 aromatic rings. The van der Waals surface area contributed by atoms with Gasteiger partial charge in [0.2, 0.25) is 0 Å². The monoisotopic (exact) mass is 409 g/mol. The lowest BCUT2D eigenvalue weighted by Gasteiger charge is -1.91. The van der Waals surface area contributed by atoms with Crippen LogP contribution in [0.5, 0.6) is 0 Å². The van der Waals surface area contributed by atoms with E-state index in [1.54, 1.807) is 6.07 Å². The van der Waals surface area contributed by atoms with Crippen molar-refractivity contribution in [1.29, 1.82) is 0 Å². The molecule has 0 saturated carbocycles. The number of hydrogen-bond acceptors (Lipinski definition) is 3. The molecule has 0 amide bonds. The molecule has 0 spiro atoms. The molecule has 1 heterocycles. The number of hydrogen-bond donors (Lipinski definition) is 2. The Labute approximate surface area is 114 Å². The Morgan fingerprint density at radius 2 is 2.43 bits per heavy atom. The van der Waals surface area contributed by atoms with E-state index in [1.807, 2.05) is 0 Å². The molecule has 0 radical (unpaired) electrons. The Hall–Kier alpha value is 0.140. The van der Waals surface area contributed by atoms with E-state index in [-0.39, 0.29) is 17.5 Å². The molecular weight excluding hydrogens is 404 g/mol. The van der Waals surface area contributed by atoms with Gasteiger partial charge in [-0.15, -0.1) is 12.4 Å². The number of nitrogens with zero attached hydrogens (tertiary/aromatic N) is 1. The third-order valence-corrected chi connectivity index (χ3v) is 3.25. The highest BCUT2D eigenvalue weighted by Crippen LogP contribution is 2.21. The summed E-state index contributed by atoms with van der Waals surface area (Å²) in [6.07, 6.45) is 1.49. The maximum absolute atomic E-state index is 5.26. The summed E-state index contributed by atoms with van der Waals surface area (Å²) in [6, 6.07) is 1.80. The minimum atomic E-state index is 0. The van der Waals surface area contributed by atoms with Crippen LogP contribution in [0.4, 0.5) is 0 Å². The maximum atomic E-state index is 5.26. The van der Waals surface area contributed by atoms with Crippen LogP contribution in [0, 0.1) is 3.77 Å². The molecule has 0 unspecified atom stereocenters. The summed E-state index contributed by atoms with van der Waals surface area (Å²) in [5.74, 6) is 0.625. The fourth-order valence-electron chi connectivity index (χ4n) is 0.586. The first kappa shape index (κ1) is 14.1. The SMILES string of the molecule is Cl.NC(=S)N/N=C/c1cc(Br)c(I)o1. The van der Waals surface area contributed by atoms with Crippen molar-refractivity contribution in [3.63, 3.8) is 0 Å². The molecule has 0 aliphatic rings. The Morgan fingerprint density at radius 1 is 1.79 bits per heavy atom. The minimum absolute atomic E-state index is 0. The van der Waals surface area contributed by atoms with Crippen molar-refractivity contribution in [2.45, 2.75) is 0 Å². The highest BCUT2D eigenvalue weighted by molar-refractivity contribution is 14.1. The number of rotatable bonds is 2. The molecule has 0 fully saturated rings. The van der Waals surface area contributed by atoms with Crippen LogP contribution in [0.15, 0.2) is 20.1 Å². The van der Waals surface area contributed by atoms with Crippen LogP contribution < -0.4 is 11.2 Å². The van der Waals surface area contributed by atoms with Crippen molar-refractivity contribution in [1.82, 2.24) is 5.43 Å². The van der Waals surface area contributed by atoms with Crippen LogP contribution in [0.25, 0.3) is 0 Å². The normalized spacial score (nSPS) is 9.86. The second kappa shape index (κ2) is 6.59. The van der Waals surface area contributed by atoms with Crippen LogP contribution in [0.1, 0.15) is 5.76 Å². The molecule has 0 saturated heterocycles. The highest BCUT2D eigenvalue weighted by atomic mass is 127. The molecule has 0 aliphatic heterocycles. The zero-order chi connectivity index (χ0) is 9.84. The van der Waals surface area contributed by atoms with Crippen molar-refractivity contribution in [3.8, 4) is 0 Å². The second-order valence-corrected chi connectivity index (χ2v) is 4.28. The third kappa shape index (κ3) is 4.58. The first-order valence-corrected chi connectivity index (χ1v) is 5.41. The fourth-order valence-corrected chi connectivity index (χ4v) is 1.36. The van der Waals surface area contributed by atoms with E-state index in [9.17, 15) is 0 Å². The van der Waals surface area contributed by atoms with E-state index >= 15 is 0 Å². The Morgan fingerprint density at radius 3 is 2.86 bits per heavy atom. The van der Waals surface area contributed by atoms with Gasteiger partial charge < -0.3 is 10.2 Å². The Bertz CT molecular complexity index is 337. The molecule has 0 aliphatic carbocycles. The molecule has 0 aromatic carbocycles. The van der Waals surface area contributed by atoms with Gasteiger partial charge in [-0.05, 0) is 28.1 Å². The fraction of sp³-hybridized carbons (Fsp3) is 0. The molecular formula is C6H6BrClIN3OS. The number of thiocarbonyl (C=S) groups is 1. The van der Waals surface area contributed by atoms with Crippen LogP contribution in [0.3, 0.4) is 0 Å². The minimum Gasteiger partial charge on any atom is -0.448 e. The predicted octanol–water partition coefficient (Wildman–Crippen LogP) is 2.24. The van der Waals surface area contributed by atoms with Gasteiger partial charge in [0.25, 0.3) is 0 Å². The smallest absolute Gasteiger partial charge is 0.184 e. The standard InChI is InChI=1S/C6H5BrIN3OS.ClH/c7-4-1-3(12-5(4)8)2-10-11-6(9)13;/h1-2H,(H3,9,11,13);1H/b10-2+;. The first-order chi connectivity index (χ1) is 6.09. The van der Waals surface area contributed by atoms with E-state index in [2.05, 4.69) is 61.3 Å². The number of nitrogens with one attached hydrogen (secondary N) is 1. The largest absolute Gasteiger partial charge is 0.448 e. The van der Waals surface area contributed by atoms with E-state index < -0.39 is 0 Å². The average Bonchev–Trinajstić information content (AvgIpc) is 2.30. The zero-order valence-electron chi connectivity index (χ0n) is 6.66. The van der Waals surface area contributed by atoms with Gasteiger partial charge in [0.05, 0.1) is 10.7 Å². The summed E-state index contributed by atoms with van der Waals surface area (Å²) in [7, 11) is 0. The number of nitrogens with two attached hydrogens (primary N) is 1. The van der Waals surface area contributed by atoms with Crippen molar-refractivity contribution < 1.29 is 4.42 Å². The molecule has 4 nitrogen and oxygen atoms in total. The van der Waals surface area contributed by atoms with Crippen LogP contribution in [-0.2, 0) is 0 Å². The summed E-state index contributed by atoms with van der Waals surface area (Å²) in [6.45, 7) is 0. The molecule has 14 heavy (non-hydrogen) atoms. The maximum Gasteiger partial charge on any atom is 0.184 e. The van der Waals surface area contributed by atoms with Gasteiger partial charge in [-0.1, -0.05) is 0 Å². The summed E-state index contributed by atoms with van der Waals surface area (Å²) < 4.78 is 6.93. The molecule has 0 atom stereocenters. The molecule has 0 bridgehead atoms. The van der Waals surface area contributed by atoms with Crippen molar-refractivity contribution >= 4 is 74.5 Å². The van der Waals surface area contributed by atoms with Gasteiger partial charge >= 0.3 is 0 Å². The Balaban J connectivity index is 0.00000169. The van der Waals surface area contributed by atoms with Crippen LogP contribution >= 0.6 is 63.1 Å². The lowest BCUT2D eigenvalue weighted by molar-refractivity contribution is 0.529. The summed E-state index contributed by atoms with van der Waals surface area (Å²) >= 11 is 9.92. The van der Waals surface area contributed by atoms with Crippen molar-refractivity contribution in [2.75, 3.05) is 0 Å². The van der Waals surface area contributed by atoms with Gasteiger partial charge in [0.15, 0.2) is 8.88 Å². The summed E-state index contributed by atoms with van der Waals surface area (Å²) in [5, 5.41) is 3.86. The van der Waals surface area contributed by atoms with Crippen LogP contribution in [0.2, 0.25) is 0 Å². The average molecular weight is 410 g/mol. The van der Waals surface area contributed by atoms with E-state index in [1.165, 1.54) is 6.21 Å². The van der Waals surface area contributed by atoms with Crippen LogP contribution in [-0.4, -0.2) is 11.3 Å². The zero-order valence-corrected chi connectivity index (χ0v) is 12.0. The predicted molar refractivity (Wildman–Crippen MR) is 73.9 cm³/mol. The van der Waals surface area contributed by atoms with Gasteiger partial charge in [0.1, 0.15) is 5.76 Å². The molecule has 3 N–H and O–H groups in total. The lowest BCUT2D eigenvalue weighted by atomic mass is 10.5. The van der Waals surface area contributed by atoms with Gasteiger partial charge in [0, 0.05) is 28.7 Å². The number of halogens is 3. The van der Waals surface area contributed by atoms with Gasteiger partial charge in [-0.25, -0.2) is 0 Å². The van der Waals surface area contributed by atoms with Crippen molar-refractivity contribution in [2.24, 2.45) is 10.8 Å². The molecule has 8 heteroatoms. The quantitative estimate of drug-likeness (QED) is 0.340. The number of hydrazone groups is 1. The third-order valence-electron chi connectivity index (χ3n) is 1.03. The number of furan rings is 1. The Kier molecular flexibility index (Phi) is 6.66. The van der Waals surface area contributed by atoms with E-state index in [4.69, 9.17) is 10.2 Å². The first-order valence-electron chi connectivity index (χ1n) is 3.13. The van der Waals surface area contributed by atoms with Crippen molar-refractivity contribution in [3.05, 3.63) is 20.1 Å². The van der Waals surface area contributed by atoms with Gasteiger partial charge in [-0.3, -0.25) is 5.43 Å².